The van der Waals surface area contributed by atoms with E-state index in [0.29, 0.717) is 0 Å². The first-order valence-corrected chi connectivity index (χ1v) is 42.7. The third-order valence-corrected chi connectivity index (χ3v) is 24.9. The van der Waals surface area contributed by atoms with Crippen LogP contribution in [0.25, 0.3) is 223 Å². The van der Waals surface area contributed by atoms with Gasteiger partial charge >= 0.3 is 0 Å². The van der Waals surface area contributed by atoms with Gasteiger partial charge in [-0.25, -0.2) is 9.97 Å². The van der Waals surface area contributed by atoms with Crippen molar-refractivity contribution in [3.05, 3.63) is 442 Å². The van der Waals surface area contributed by atoms with E-state index in [2.05, 4.69) is 394 Å². The highest BCUT2D eigenvalue weighted by molar-refractivity contribution is 6.35. The number of hydrogen-bond donors (Lipinski definition) is 0. The first kappa shape index (κ1) is 74.9. The monoisotopic (exact) mass is 1620 g/mol. The molecular formula is C117H76N10. The van der Waals surface area contributed by atoms with Gasteiger partial charge in [-0.1, -0.05) is 273 Å². The van der Waals surface area contributed by atoms with Gasteiger partial charge in [0.05, 0.1) is 56.2 Å². The summed E-state index contributed by atoms with van der Waals surface area (Å²) in [6.07, 6.45) is 7.38. The van der Waals surface area contributed by atoms with Crippen LogP contribution < -0.4 is 0 Å². The molecule has 6 heterocycles. The zero-order chi connectivity index (χ0) is 84.4. The van der Waals surface area contributed by atoms with Gasteiger partial charge in [0, 0.05) is 98.5 Å². The number of fused-ring (bicyclic) bond motifs is 6. The van der Waals surface area contributed by atoms with Crippen LogP contribution in [-0.4, -0.2) is 58.5 Å². The van der Waals surface area contributed by atoms with E-state index in [1.165, 1.54) is 0 Å². The molecule has 0 saturated heterocycles. The highest BCUT2D eigenvalue weighted by atomic mass is 15.1. The van der Waals surface area contributed by atoms with Crippen LogP contribution >= 0.6 is 0 Å². The van der Waals surface area contributed by atoms with Crippen molar-refractivity contribution in [2.24, 2.45) is 9.98 Å². The second kappa shape index (κ2) is 31.7. The summed E-state index contributed by atoms with van der Waals surface area (Å²) >= 11 is 0. The topological polar surface area (TPSA) is 112 Å². The SMILES string of the molecule is C=Nc1c2c3c(cccc3c3cc(-n4c(-c5cc(-c6ccccc6-c6ccc(-c7ccccn7)cc6)cc(-c6ccccc6-c6ccc(-c7ccccn7)cc6)c5)nc5ccccc54)ccc13)-c1cc(-n3c(-c4cc(-c5ccccc5-c5ccc(-c6ccccn6)cc5)cc(-c5ccccc5-c5ccc(-c6ccccn6)cc5)c4)nc4ccccc43)ccc1C2=NC. The molecule has 0 bridgehead atoms. The van der Waals surface area contributed by atoms with Crippen molar-refractivity contribution in [1.82, 2.24) is 39.0 Å². The van der Waals surface area contributed by atoms with Crippen molar-refractivity contribution in [2.75, 3.05) is 7.05 Å². The number of para-hydroxylation sites is 4. The molecular weight excluding hydrogens is 1550 g/mol. The first-order valence-electron chi connectivity index (χ1n) is 42.7. The molecule has 22 aromatic rings. The summed E-state index contributed by atoms with van der Waals surface area (Å²) in [5.41, 5.74) is 38.4. The highest BCUT2D eigenvalue weighted by Crippen LogP contribution is 2.51. The van der Waals surface area contributed by atoms with E-state index in [0.717, 1.165) is 245 Å². The van der Waals surface area contributed by atoms with Gasteiger partial charge in [0.15, 0.2) is 0 Å². The van der Waals surface area contributed by atoms with Crippen molar-refractivity contribution >= 4 is 61.7 Å². The Morgan fingerprint density at radius 3 is 0.921 bits per heavy atom. The van der Waals surface area contributed by atoms with Gasteiger partial charge in [0.2, 0.25) is 0 Å². The summed E-state index contributed by atoms with van der Waals surface area (Å²) in [4.78, 5) is 40.5. The summed E-state index contributed by atoms with van der Waals surface area (Å²) in [5.74, 6) is 1.59. The van der Waals surface area contributed by atoms with Gasteiger partial charge in [-0.05, 0) is 251 Å². The Kier molecular flexibility index (Phi) is 18.7. The minimum Gasteiger partial charge on any atom is -0.292 e. The number of aromatic nitrogens is 8. The quantitative estimate of drug-likeness (QED) is 0.0663. The molecule has 0 saturated carbocycles. The second-order valence-electron chi connectivity index (χ2n) is 32.1. The number of pyridine rings is 4. The standard InChI is InChI=1S/C117H76N10/c1-118-114-100-60-58-88(126-110-40-13-11-38-108(110)124-116(126)86-68-82(94-28-7-3-24-90(94)74-42-50-78(51-43-74)104-34-15-19-62-120-104)66-83(69-86)95-29-8-4-25-91(95)75-44-52-79(53-45-75)105-35-16-20-63-121-105)72-102(100)98-32-23-33-99-103-73-89(59-61-101(103)115(119-2)113(114)112(98)99)127-111-41-14-12-39-109(111)125-117(127)87-70-84(96-30-9-5-26-92(96)76-46-54-80(55-47-76)106-36-17-21-64-122-106)67-85(71-87)97-31-10-6-27-93(97)77-48-56-81(57-49-77)107-37-18-22-65-123-107/h3-73H,1H2,2H3. The number of rotatable bonds is 17. The Balaban J connectivity index is 0.681. The third kappa shape index (κ3) is 13.4. The minimum absolute atomic E-state index is 0.768. The van der Waals surface area contributed by atoms with Gasteiger partial charge < -0.3 is 0 Å². The number of aliphatic imine (C=N–C) groups is 2. The number of imidazole rings is 2. The fourth-order valence-corrected chi connectivity index (χ4v) is 18.9. The highest BCUT2D eigenvalue weighted by Gasteiger charge is 2.31. The van der Waals surface area contributed by atoms with Gasteiger partial charge in [0.25, 0.3) is 0 Å². The van der Waals surface area contributed by atoms with E-state index in [9.17, 15) is 0 Å². The molecule has 594 valence electrons. The van der Waals surface area contributed by atoms with Gasteiger partial charge in [0.1, 0.15) is 11.6 Å². The molecule has 6 aromatic heterocycles. The lowest BCUT2D eigenvalue weighted by Gasteiger charge is -2.26. The lowest BCUT2D eigenvalue weighted by molar-refractivity contribution is 1.10. The smallest absolute Gasteiger partial charge is 0.145 e. The summed E-state index contributed by atoms with van der Waals surface area (Å²) in [6, 6.07) is 145. The Bertz CT molecular complexity index is 7810. The molecule has 0 N–H and O–H groups in total. The molecule has 0 fully saturated rings. The van der Waals surface area contributed by atoms with Crippen molar-refractivity contribution in [2.45, 2.75) is 0 Å². The number of nitrogens with zero attached hydrogens (tertiary/aromatic N) is 10. The molecule has 1 aliphatic carbocycles. The second-order valence-corrected chi connectivity index (χ2v) is 32.1. The Morgan fingerprint density at radius 2 is 0.559 bits per heavy atom. The zero-order valence-corrected chi connectivity index (χ0v) is 69.2. The first-order chi connectivity index (χ1) is 62.9. The fourth-order valence-electron chi connectivity index (χ4n) is 18.9. The molecule has 0 radical (unpaired) electrons. The van der Waals surface area contributed by atoms with Crippen LogP contribution in [0.4, 0.5) is 5.69 Å². The maximum Gasteiger partial charge on any atom is 0.145 e. The third-order valence-electron chi connectivity index (χ3n) is 24.9. The number of hydrogen-bond acceptors (Lipinski definition) is 8. The van der Waals surface area contributed by atoms with E-state index in [4.69, 9.17) is 20.0 Å². The molecule has 16 aromatic carbocycles. The van der Waals surface area contributed by atoms with E-state index < -0.39 is 0 Å². The fraction of sp³-hybridized carbons (Fsp3) is 0.00855. The van der Waals surface area contributed by atoms with Gasteiger partial charge in [-0.3, -0.25) is 39.1 Å². The van der Waals surface area contributed by atoms with Gasteiger partial charge in [-0.15, -0.1) is 0 Å². The van der Waals surface area contributed by atoms with Crippen LogP contribution in [0, 0.1) is 0 Å². The summed E-state index contributed by atoms with van der Waals surface area (Å²) in [7, 11) is 1.90. The van der Waals surface area contributed by atoms with Crippen molar-refractivity contribution in [3.63, 3.8) is 0 Å². The molecule has 0 spiro atoms. The predicted octanol–water partition coefficient (Wildman–Crippen LogP) is 29.4. The van der Waals surface area contributed by atoms with Crippen LogP contribution in [0.1, 0.15) is 11.1 Å². The van der Waals surface area contributed by atoms with Crippen molar-refractivity contribution < 1.29 is 0 Å². The summed E-state index contributed by atoms with van der Waals surface area (Å²) < 4.78 is 4.69. The molecule has 10 nitrogen and oxygen atoms in total. The zero-order valence-electron chi connectivity index (χ0n) is 69.2. The summed E-state index contributed by atoms with van der Waals surface area (Å²) in [6.45, 7) is 4.39. The van der Waals surface area contributed by atoms with E-state index in [1.807, 2.05) is 80.4 Å². The maximum atomic E-state index is 5.70. The molecule has 23 rings (SSSR count). The molecule has 127 heavy (non-hydrogen) atoms. The Hall–Kier alpha value is -17.1. The van der Waals surface area contributed by atoms with Crippen LogP contribution in [0.5, 0.6) is 0 Å². The largest absolute Gasteiger partial charge is 0.292 e. The number of benzene rings is 16. The van der Waals surface area contributed by atoms with Crippen molar-refractivity contribution in [3.8, 4) is 179 Å². The molecule has 0 unspecified atom stereocenters. The van der Waals surface area contributed by atoms with E-state index >= 15 is 0 Å². The molecule has 10 heteroatoms. The van der Waals surface area contributed by atoms with E-state index in [-0.39, 0.29) is 0 Å². The predicted molar refractivity (Wildman–Crippen MR) is 524 cm³/mol. The maximum absolute atomic E-state index is 5.70. The minimum atomic E-state index is 0.768. The normalized spacial score (nSPS) is 12.0. The van der Waals surface area contributed by atoms with Crippen molar-refractivity contribution in [1.29, 1.82) is 0 Å². The average Bonchev–Trinajstić information content (AvgIpc) is 1.39. The summed E-state index contributed by atoms with van der Waals surface area (Å²) in [5, 5.41) is 4.09. The average molecular weight is 1620 g/mol. The molecule has 0 aliphatic heterocycles. The lowest BCUT2D eigenvalue weighted by atomic mass is 9.79. The van der Waals surface area contributed by atoms with Gasteiger partial charge in [-0.2, -0.15) is 0 Å². The molecule has 1 aliphatic rings. The van der Waals surface area contributed by atoms with Crippen LogP contribution in [0.3, 0.4) is 0 Å². The van der Waals surface area contributed by atoms with Crippen LogP contribution in [0.2, 0.25) is 0 Å². The Morgan fingerprint density at radius 1 is 0.236 bits per heavy atom. The molecule has 0 atom stereocenters. The van der Waals surface area contributed by atoms with E-state index in [1.54, 1.807) is 0 Å². The Labute approximate surface area is 734 Å². The van der Waals surface area contributed by atoms with Crippen LogP contribution in [-0.2, 0) is 0 Å². The molecule has 0 amide bonds. The lowest BCUT2D eigenvalue weighted by Crippen LogP contribution is -2.13. The van der Waals surface area contributed by atoms with Crippen LogP contribution in [0.15, 0.2) is 441 Å².